The molecule has 0 aliphatic rings. The number of carbonyl (C=O) groups is 3. The van der Waals surface area contributed by atoms with Gasteiger partial charge in [-0.3, -0.25) is 14.9 Å². The smallest absolute Gasteiger partial charge is 0.226 e. The van der Waals surface area contributed by atoms with Gasteiger partial charge in [-0.1, -0.05) is 6.92 Å². The van der Waals surface area contributed by atoms with Gasteiger partial charge >= 0.3 is 0 Å². The summed E-state index contributed by atoms with van der Waals surface area (Å²) >= 11 is 0. The molecule has 0 aliphatic carbocycles. The summed E-state index contributed by atoms with van der Waals surface area (Å²) in [6, 6.07) is 0. The van der Waals surface area contributed by atoms with Crippen LogP contribution in [-0.4, -0.2) is 17.6 Å². The van der Waals surface area contributed by atoms with Crippen LogP contribution < -0.4 is 5.32 Å². The quantitative estimate of drug-likeness (QED) is 0.666. The van der Waals surface area contributed by atoms with Gasteiger partial charge in [-0.05, 0) is 6.92 Å². The second-order valence-corrected chi connectivity index (χ2v) is 2.53. The number of nitrogens with one attached hydrogen (secondary N) is 1. The Morgan fingerprint density at radius 1 is 1.08 bits per heavy atom. The highest BCUT2D eigenvalue weighted by atomic mass is 16.2. The molecule has 4 nitrogen and oxygen atoms in total. The lowest BCUT2D eigenvalue weighted by Crippen LogP contribution is -2.29. The van der Waals surface area contributed by atoms with Crippen LogP contribution in [0.1, 0.15) is 33.1 Å². The van der Waals surface area contributed by atoms with Crippen LogP contribution in [0, 0.1) is 0 Å². The zero-order valence-corrected chi connectivity index (χ0v) is 7.35. The van der Waals surface area contributed by atoms with Gasteiger partial charge in [0.15, 0.2) is 0 Å². The van der Waals surface area contributed by atoms with Crippen molar-refractivity contribution in [3.8, 4) is 0 Å². The zero-order valence-electron chi connectivity index (χ0n) is 7.35. The van der Waals surface area contributed by atoms with Gasteiger partial charge in [-0.15, -0.1) is 0 Å². The van der Waals surface area contributed by atoms with Crippen LogP contribution in [0.3, 0.4) is 0 Å². The third kappa shape index (κ3) is 5.58. The number of ketones is 1. The van der Waals surface area contributed by atoms with Crippen molar-refractivity contribution in [3.05, 3.63) is 0 Å². The maximum Gasteiger partial charge on any atom is 0.226 e. The van der Waals surface area contributed by atoms with E-state index in [0.717, 1.165) is 0 Å². The van der Waals surface area contributed by atoms with Crippen LogP contribution in [0.4, 0.5) is 0 Å². The summed E-state index contributed by atoms with van der Waals surface area (Å²) in [5.41, 5.74) is 0. The molecule has 0 heterocycles. The lowest BCUT2D eigenvalue weighted by Gasteiger charge is -1.99. The second-order valence-electron chi connectivity index (χ2n) is 2.53. The van der Waals surface area contributed by atoms with Gasteiger partial charge in [0.2, 0.25) is 11.8 Å². The molecule has 1 N–H and O–H groups in total. The molecule has 68 valence electrons. The molecule has 0 unspecified atom stereocenters. The Kier molecular flexibility index (Phi) is 4.92. The van der Waals surface area contributed by atoms with E-state index in [1.54, 1.807) is 6.92 Å². The standard InChI is InChI=1S/C8H13NO3/c1-3-7(11)9-8(12)5-4-6(2)10/h3-5H2,1-2H3,(H,9,11,12). The minimum absolute atomic E-state index is 0.0471. The molecule has 4 heteroatoms. The summed E-state index contributed by atoms with van der Waals surface area (Å²) < 4.78 is 0. The summed E-state index contributed by atoms with van der Waals surface area (Å²) in [5, 5.41) is 2.15. The molecular weight excluding hydrogens is 158 g/mol. The number of amides is 2. The van der Waals surface area contributed by atoms with E-state index in [1.165, 1.54) is 6.92 Å². The maximum absolute atomic E-state index is 10.8. The fourth-order valence-corrected chi connectivity index (χ4v) is 0.596. The highest BCUT2D eigenvalue weighted by molar-refractivity contribution is 5.96. The molecule has 12 heavy (non-hydrogen) atoms. The number of rotatable bonds is 4. The van der Waals surface area contributed by atoms with Gasteiger partial charge in [-0.25, -0.2) is 0 Å². The monoisotopic (exact) mass is 171 g/mol. The lowest BCUT2D eigenvalue weighted by molar-refractivity contribution is -0.131. The van der Waals surface area contributed by atoms with E-state index in [0.29, 0.717) is 0 Å². The van der Waals surface area contributed by atoms with Gasteiger partial charge in [0.1, 0.15) is 5.78 Å². The van der Waals surface area contributed by atoms with E-state index in [2.05, 4.69) is 5.32 Å². The number of Topliss-reactive ketones (excluding diaryl/α,β-unsaturated/α-hetero) is 1. The van der Waals surface area contributed by atoms with Crippen LogP contribution in [-0.2, 0) is 14.4 Å². The van der Waals surface area contributed by atoms with E-state index in [4.69, 9.17) is 0 Å². The van der Waals surface area contributed by atoms with Crippen LogP contribution >= 0.6 is 0 Å². The minimum atomic E-state index is -0.378. The van der Waals surface area contributed by atoms with E-state index in [9.17, 15) is 14.4 Å². The number of carbonyl (C=O) groups excluding carboxylic acids is 3. The predicted molar refractivity (Wildman–Crippen MR) is 43.4 cm³/mol. The molecule has 0 aromatic carbocycles. The van der Waals surface area contributed by atoms with Crippen LogP contribution in [0.5, 0.6) is 0 Å². The molecule has 0 aromatic heterocycles. The first-order valence-corrected chi connectivity index (χ1v) is 3.88. The van der Waals surface area contributed by atoms with E-state index < -0.39 is 0 Å². The molecule has 0 radical (unpaired) electrons. The fraction of sp³-hybridized carbons (Fsp3) is 0.625. The molecule has 0 saturated carbocycles. The largest absolute Gasteiger partial charge is 0.300 e. The number of hydrogen-bond acceptors (Lipinski definition) is 3. The summed E-state index contributed by atoms with van der Waals surface area (Å²) in [6.07, 6.45) is 0.579. The third-order valence-electron chi connectivity index (χ3n) is 1.30. The number of imide groups is 1. The molecular formula is C8H13NO3. The zero-order chi connectivity index (χ0) is 9.56. The highest BCUT2D eigenvalue weighted by Gasteiger charge is 2.05. The van der Waals surface area contributed by atoms with Crippen molar-refractivity contribution in [3.63, 3.8) is 0 Å². The highest BCUT2D eigenvalue weighted by Crippen LogP contribution is 1.90. The van der Waals surface area contributed by atoms with Crippen LogP contribution in [0.2, 0.25) is 0 Å². The van der Waals surface area contributed by atoms with Gasteiger partial charge in [0.05, 0.1) is 0 Å². The summed E-state index contributed by atoms with van der Waals surface area (Å²) in [5.74, 6) is -0.727. The molecule has 0 saturated heterocycles. The normalized spacial score (nSPS) is 9.17. The molecule has 2 amide bonds. The van der Waals surface area contributed by atoms with E-state index in [1.807, 2.05) is 0 Å². The summed E-state index contributed by atoms with van der Waals surface area (Å²) in [7, 11) is 0. The third-order valence-corrected chi connectivity index (χ3v) is 1.30. The van der Waals surface area contributed by atoms with E-state index in [-0.39, 0.29) is 36.9 Å². The van der Waals surface area contributed by atoms with Gasteiger partial charge in [-0.2, -0.15) is 0 Å². The summed E-state index contributed by atoms with van der Waals surface area (Å²) in [6.45, 7) is 3.07. The molecule has 0 rings (SSSR count). The Labute approximate surface area is 71.3 Å². The Bertz CT molecular complexity index is 198. The molecule has 0 atom stereocenters. The average Bonchev–Trinajstić information content (AvgIpc) is 2.00. The topological polar surface area (TPSA) is 63.2 Å². The number of hydrogen-bond donors (Lipinski definition) is 1. The van der Waals surface area contributed by atoms with Crippen molar-refractivity contribution in [2.75, 3.05) is 0 Å². The predicted octanol–water partition coefficient (Wildman–Crippen LogP) is 0.408. The van der Waals surface area contributed by atoms with Crippen molar-refractivity contribution in [1.29, 1.82) is 0 Å². The van der Waals surface area contributed by atoms with Gasteiger partial charge in [0.25, 0.3) is 0 Å². The minimum Gasteiger partial charge on any atom is -0.300 e. The molecule has 0 fully saturated rings. The first-order chi connectivity index (χ1) is 5.56. The summed E-state index contributed by atoms with van der Waals surface area (Å²) in [4.78, 5) is 31.9. The van der Waals surface area contributed by atoms with Crippen molar-refractivity contribution in [1.82, 2.24) is 5.32 Å². The Morgan fingerprint density at radius 3 is 2.08 bits per heavy atom. The Hall–Kier alpha value is -1.19. The Balaban J connectivity index is 3.60. The van der Waals surface area contributed by atoms with Gasteiger partial charge in [0, 0.05) is 19.3 Å². The Morgan fingerprint density at radius 2 is 1.67 bits per heavy atom. The van der Waals surface area contributed by atoms with Crippen molar-refractivity contribution in [2.45, 2.75) is 33.1 Å². The molecule has 0 bridgehead atoms. The van der Waals surface area contributed by atoms with Crippen LogP contribution in [0.15, 0.2) is 0 Å². The second kappa shape index (κ2) is 5.46. The van der Waals surface area contributed by atoms with Crippen molar-refractivity contribution in [2.24, 2.45) is 0 Å². The van der Waals surface area contributed by atoms with Crippen molar-refractivity contribution >= 4 is 17.6 Å². The lowest BCUT2D eigenvalue weighted by atomic mass is 10.2. The first kappa shape index (κ1) is 10.8. The molecule has 0 spiro atoms. The van der Waals surface area contributed by atoms with Crippen molar-refractivity contribution < 1.29 is 14.4 Å². The molecule has 0 aromatic rings. The average molecular weight is 171 g/mol. The molecule has 0 aliphatic heterocycles. The van der Waals surface area contributed by atoms with E-state index >= 15 is 0 Å². The fourth-order valence-electron chi connectivity index (χ4n) is 0.596. The first-order valence-electron chi connectivity index (χ1n) is 3.88. The maximum atomic E-state index is 10.8. The van der Waals surface area contributed by atoms with Crippen LogP contribution in [0.25, 0.3) is 0 Å². The SMILES string of the molecule is CCC(=O)NC(=O)CCC(C)=O. The van der Waals surface area contributed by atoms with Gasteiger partial charge < -0.3 is 4.79 Å².